The molecular formula is C31H36F3N3O4S. The van der Waals surface area contributed by atoms with Crippen LogP contribution in [0.3, 0.4) is 0 Å². The van der Waals surface area contributed by atoms with E-state index in [1.807, 2.05) is 32.9 Å². The van der Waals surface area contributed by atoms with Crippen LogP contribution >= 0.6 is 0 Å². The van der Waals surface area contributed by atoms with Gasteiger partial charge >= 0.3 is 6.18 Å². The normalized spacial score (nSPS) is 13.2. The number of aryl methyl sites for hydroxylation is 1. The number of anilines is 1. The van der Waals surface area contributed by atoms with Crippen LogP contribution in [0.1, 0.15) is 50.3 Å². The Kier molecular flexibility index (Phi) is 10.8. The number of carbonyl (C=O) groups excluding carboxylic acids is 2. The smallest absolute Gasteiger partial charge is 0.352 e. The summed E-state index contributed by atoms with van der Waals surface area (Å²) in [6, 6.07) is 17.2. The number of sulfonamides is 1. The van der Waals surface area contributed by atoms with Crippen molar-refractivity contribution in [1.29, 1.82) is 0 Å². The van der Waals surface area contributed by atoms with Crippen molar-refractivity contribution in [3.05, 3.63) is 95.6 Å². The summed E-state index contributed by atoms with van der Waals surface area (Å²) in [7, 11) is -4.48. The maximum Gasteiger partial charge on any atom is 0.416 e. The molecule has 0 heterocycles. The molecule has 0 aliphatic rings. The number of rotatable bonds is 12. The topological polar surface area (TPSA) is 86.8 Å². The number of carbonyl (C=O) groups is 2. The van der Waals surface area contributed by atoms with Crippen LogP contribution in [0.5, 0.6) is 0 Å². The van der Waals surface area contributed by atoms with Crippen molar-refractivity contribution >= 4 is 27.5 Å². The second-order valence-corrected chi connectivity index (χ2v) is 11.9. The van der Waals surface area contributed by atoms with Gasteiger partial charge in [-0.3, -0.25) is 13.9 Å². The van der Waals surface area contributed by atoms with Gasteiger partial charge in [0.2, 0.25) is 11.8 Å². The molecule has 11 heteroatoms. The van der Waals surface area contributed by atoms with Gasteiger partial charge in [-0.05, 0) is 68.1 Å². The van der Waals surface area contributed by atoms with Crippen LogP contribution in [-0.4, -0.2) is 43.8 Å². The summed E-state index contributed by atoms with van der Waals surface area (Å²) in [5, 5.41) is 2.89. The Labute approximate surface area is 245 Å². The van der Waals surface area contributed by atoms with Crippen LogP contribution in [0.2, 0.25) is 0 Å². The van der Waals surface area contributed by atoms with E-state index in [1.54, 1.807) is 25.1 Å². The first-order valence-electron chi connectivity index (χ1n) is 13.7. The summed E-state index contributed by atoms with van der Waals surface area (Å²) in [5.74, 6) is -1.13. The van der Waals surface area contributed by atoms with E-state index in [0.29, 0.717) is 16.8 Å². The zero-order valence-electron chi connectivity index (χ0n) is 24.1. The molecule has 0 fully saturated rings. The standard InChI is InChI=1S/C31H36F3N3O4S/c1-5-23(4)35-30(39)28(6-2)36(20-24-14-11-10-13-22(24)3)29(38)21-37(42(40,41)27-17-8-7-9-18-27)26-16-12-15-25(19-26)31(32,33)34/h7-19,23,28H,5-6,20-21H2,1-4H3,(H,35,39)/t23-,28-/m0/s1. The first kappa shape index (κ1) is 32.7. The third-order valence-electron chi connectivity index (χ3n) is 7.06. The van der Waals surface area contributed by atoms with Gasteiger partial charge in [0.25, 0.3) is 10.0 Å². The van der Waals surface area contributed by atoms with Gasteiger partial charge in [-0.25, -0.2) is 8.42 Å². The van der Waals surface area contributed by atoms with E-state index in [9.17, 15) is 31.2 Å². The van der Waals surface area contributed by atoms with E-state index < -0.39 is 46.2 Å². The molecule has 0 aliphatic heterocycles. The highest BCUT2D eigenvalue weighted by Crippen LogP contribution is 2.33. The lowest BCUT2D eigenvalue weighted by molar-refractivity contribution is -0.140. The molecule has 0 aromatic heterocycles. The Bertz CT molecular complexity index is 1480. The molecule has 0 aliphatic carbocycles. The Morgan fingerprint density at radius 1 is 0.905 bits per heavy atom. The lowest BCUT2D eigenvalue weighted by Crippen LogP contribution is -2.53. The highest BCUT2D eigenvalue weighted by Gasteiger charge is 2.36. The van der Waals surface area contributed by atoms with Gasteiger partial charge in [0, 0.05) is 12.6 Å². The van der Waals surface area contributed by atoms with E-state index in [0.717, 1.165) is 23.3 Å². The van der Waals surface area contributed by atoms with Crippen molar-refractivity contribution in [2.75, 3.05) is 10.8 Å². The lowest BCUT2D eigenvalue weighted by atomic mass is 10.1. The first-order valence-corrected chi connectivity index (χ1v) is 15.1. The van der Waals surface area contributed by atoms with Crippen LogP contribution in [-0.2, 0) is 32.3 Å². The minimum atomic E-state index is -4.74. The second-order valence-electron chi connectivity index (χ2n) is 10.1. The molecular weight excluding hydrogens is 567 g/mol. The molecule has 0 saturated carbocycles. The van der Waals surface area contributed by atoms with Gasteiger partial charge in [-0.2, -0.15) is 13.2 Å². The van der Waals surface area contributed by atoms with E-state index in [2.05, 4.69) is 5.32 Å². The molecule has 226 valence electrons. The molecule has 0 bridgehead atoms. The van der Waals surface area contributed by atoms with Crippen LogP contribution in [0.4, 0.5) is 18.9 Å². The van der Waals surface area contributed by atoms with E-state index in [4.69, 9.17) is 0 Å². The Hall–Kier alpha value is -3.86. The third kappa shape index (κ3) is 7.90. The molecule has 0 spiro atoms. The number of hydrogen-bond donors (Lipinski definition) is 1. The number of alkyl halides is 3. The maximum absolute atomic E-state index is 14.1. The van der Waals surface area contributed by atoms with Gasteiger partial charge in [-0.15, -0.1) is 0 Å². The van der Waals surface area contributed by atoms with Crippen LogP contribution in [0.25, 0.3) is 0 Å². The molecule has 0 saturated heterocycles. The number of benzene rings is 3. The van der Waals surface area contributed by atoms with Crippen molar-refractivity contribution in [2.45, 2.75) is 70.2 Å². The van der Waals surface area contributed by atoms with Crippen LogP contribution in [0, 0.1) is 6.92 Å². The van der Waals surface area contributed by atoms with Gasteiger partial charge in [0.05, 0.1) is 16.1 Å². The summed E-state index contributed by atoms with van der Waals surface area (Å²) >= 11 is 0. The van der Waals surface area contributed by atoms with Gasteiger partial charge in [0.15, 0.2) is 0 Å². The van der Waals surface area contributed by atoms with Gasteiger partial charge < -0.3 is 10.2 Å². The number of amides is 2. The summed E-state index contributed by atoms with van der Waals surface area (Å²) in [4.78, 5) is 28.5. The summed E-state index contributed by atoms with van der Waals surface area (Å²) < 4.78 is 69.1. The fourth-order valence-electron chi connectivity index (χ4n) is 4.42. The first-order chi connectivity index (χ1) is 19.8. The molecule has 0 radical (unpaired) electrons. The Morgan fingerprint density at radius 2 is 1.55 bits per heavy atom. The number of hydrogen-bond acceptors (Lipinski definition) is 4. The Morgan fingerprint density at radius 3 is 2.14 bits per heavy atom. The SMILES string of the molecule is CC[C@H](C)NC(=O)[C@H](CC)N(Cc1ccccc1C)C(=O)CN(c1cccc(C(F)(F)F)c1)S(=O)(=O)c1ccccc1. The fourth-order valence-corrected chi connectivity index (χ4v) is 5.84. The predicted molar refractivity (Wildman–Crippen MR) is 156 cm³/mol. The second kappa shape index (κ2) is 13.9. The molecule has 3 rings (SSSR count). The molecule has 2 atom stereocenters. The van der Waals surface area contributed by atoms with Crippen molar-refractivity contribution in [2.24, 2.45) is 0 Å². The Balaban J connectivity index is 2.12. The monoisotopic (exact) mass is 603 g/mol. The average Bonchev–Trinajstić information content (AvgIpc) is 2.96. The maximum atomic E-state index is 14.1. The predicted octanol–water partition coefficient (Wildman–Crippen LogP) is 5.93. The zero-order valence-corrected chi connectivity index (χ0v) is 24.9. The molecule has 1 N–H and O–H groups in total. The van der Waals surface area contributed by atoms with Crippen LogP contribution < -0.4 is 9.62 Å². The number of nitrogens with zero attached hydrogens (tertiary/aromatic N) is 2. The largest absolute Gasteiger partial charge is 0.416 e. The molecule has 42 heavy (non-hydrogen) atoms. The quantitative estimate of drug-likeness (QED) is 0.278. The average molecular weight is 604 g/mol. The van der Waals surface area contributed by atoms with E-state index in [-0.39, 0.29) is 29.6 Å². The van der Waals surface area contributed by atoms with E-state index in [1.165, 1.54) is 35.2 Å². The highest BCUT2D eigenvalue weighted by atomic mass is 32.2. The fraction of sp³-hybridized carbons (Fsp3) is 0.355. The summed E-state index contributed by atoms with van der Waals surface area (Å²) in [6.45, 7) is 6.51. The van der Waals surface area contributed by atoms with Crippen molar-refractivity contribution in [3.8, 4) is 0 Å². The molecule has 0 unspecified atom stereocenters. The molecule has 7 nitrogen and oxygen atoms in total. The summed E-state index contributed by atoms with van der Waals surface area (Å²) in [6.07, 6.45) is -3.85. The molecule has 3 aromatic rings. The van der Waals surface area contributed by atoms with Gasteiger partial charge in [-0.1, -0.05) is 62.4 Å². The van der Waals surface area contributed by atoms with E-state index >= 15 is 0 Å². The summed E-state index contributed by atoms with van der Waals surface area (Å²) in [5.41, 5.74) is 0.225. The zero-order chi connectivity index (χ0) is 31.1. The molecule has 3 aromatic carbocycles. The van der Waals surface area contributed by atoms with Crippen molar-refractivity contribution in [3.63, 3.8) is 0 Å². The third-order valence-corrected chi connectivity index (χ3v) is 8.85. The number of halogens is 3. The van der Waals surface area contributed by atoms with Crippen LogP contribution in [0.15, 0.2) is 83.8 Å². The number of nitrogens with one attached hydrogen (secondary N) is 1. The molecule has 2 amide bonds. The van der Waals surface area contributed by atoms with Crippen molar-refractivity contribution in [1.82, 2.24) is 10.2 Å². The van der Waals surface area contributed by atoms with Crippen molar-refractivity contribution < 1.29 is 31.2 Å². The highest BCUT2D eigenvalue weighted by molar-refractivity contribution is 7.92. The minimum absolute atomic E-state index is 0.000243. The van der Waals surface area contributed by atoms with Gasteiger partial charge in [0.1, 0.15) is 12.6 Å². The lowest BCUT2D eigenvalue weighted by Gasteiger charge is -2.34. The minimum Gasteiger partial charge on any atom is -0.352 e.